The summed E-state index contributed by atoms with van der Waals surface area (Å²) in [4.78, 5) is 11.6. The zero-order valence-corrected chi connectivity index (χ0v) is 15.7. The smallest absolute Gasteiger partial charge is 0.123 e. The molecule has 0 amide bonds. The molecule has 0 spiro atoms. The van der Waals surface area contributed by atoms with Crippen LogP contribution in [0.3, 0.4) is 0 Å². The van der Waals surface area contributed by atoms with Crippen molar-refractivity contribution in [2.75, 3.05) is 6.61 Å². The van der Waals surface area contributed by atoms with Crippen molar-refractivity contribution in [3.8, 4) is 0 Å². The normalized spacial score (nSPS) is 50.3. The summed E-state index contributed by atoms with van der Waals surface area (Å²) in [5, 5.41) is 0. The molecule has 0 heterocycles. The van der Waals surface area contributed by atoms with E-state index in [1.165, 1.54) is 50.6 Å². The molecule has 0 aromatic heterocycles. The van der Waals surface area contributed by atoms with E-state index in [9.17, 15) is 4.79 Å². The second-order valence-electron chi connectivity index (χ2n) is 9.50. The minimum atomic E-state index is 0.299. The van der Waals surface area contributed by atoms with E-state index >= 15 is 0 Å². The van der Waals surface area contributed by atoms with Crippen molar-refractivity contribution in [1.29, 1.82) is 0 Å². The van der Waals surface area contributed by atoms with Gasteiger partial charge in [-0.25, -0.2) is 0 Å². The molecule has 2 nitrogen and oxygen atoms in total. The van der Waals surface area contributed by atoms with Crippen LogP contribution in [-0.2, 0) is 9.53 Å². The van der Waals surface area contributed by atoms with Gasteiger partial charge in [0.1, 0.15) is 6.29 Å². The number of fused-ring (bicyclic) bond motifs is 5. The lowest BCUT2D eigenvalue weighted by molar-refractivity contribution is -0.121. The highest BCUT2D eigenvalue weighted by Gasteiger charge is 2.59. The number of hydrogen-bond acceptors (Lipinski definition) is 2. The van der Waals surface area contributed by atoms with Gasteiger partial charge >= 0.3 is 0 Å². The Kier molecular flexibility index (Phi) is 4.09. The van der Waals surface area contributed by atoms with Crippen LogP contribution >= 0.6 is 0 Å². The molecule has 4 aliphatic carbocycles. The topological polar surface area (TPSA) is 26.3 Å². The molecule has 134 valence electrons. The highest BCUT2D eigenvalue weighted by Crippen LogP contribution is 2.66. The Morgan fingerprint density at radius 3 is 2.62 bits per heavy atom. The third-order valence-corrected chi connectivity index (χ3v) is 8.81. The Hall–Kier alpha value is -0.790. The zero-order valence-electron chi connectivity index (χ0n) is 15.7. The molecule has 4 rings (SSSR count). The van der Waals surface area contributed by atoms with Gasteiger partial charge in [-0.2, -0.15) is 0 Å². The summed E-state index contributed by atoms with van der Waals surface area (Å²) < 4.78 is 5.85. The molecule has 3 fully saturated rings. The SMILES string of the molecule is CCOC1=CC2CC[C@@H]3[C@H](CC[C@]4(C)C(C=O)CC[C@@H]34)[C@@]2(C)CC1. The van der Waals surface area contributed by atoms with E-state index in [0.717, 1.165) is 37.2 Å². The monoisotopic (exact) mass is 330 g/mol. The molecule has 4 aliphatic rings. The maximum absolute atomic E-state index is 11.6. The first-order valence-corrected chi connectivity index (χ1v) is 10.3. The van der Waals surface area contributed by atoms with Crippen molar-refractivity contribution in [3.05, 3.63) is 11.8 Å². The molecular weight excluding hydrogens is 296 g/mol. The fraction of sp³-hybridized carbons (Fsp3) is 0.864. The molecule has 0 bridgehead atoms. The fourth-order valence-corrected chi connectivity index (χ4v) is 7.40. The lowest BCUT2D eigenvalue weighted by Gasteiger charge is -2.59. The van der Waals surface area contributed by atoms with Gasteiger partial charge in [0, 0.05) is 12.3 Å². The van der Waals surface area contributed by atoms with Crippen LogP contribution < -0.4 is 0 Å². The van der Waals surface area contributed by atoms with Gasteiger partial charge in [0.25, 0.3) is 0 Å². The number of carbonyl (C=O) groups excluding carboxylic acids is 1. The summed E-state index contributed by atoms with van der Waals surface area (Å²) >= 11 is 0. The van der Waals surface area contributed by atoms with Crippen molar-refractivity contribution >= 4 is 6.29 Å². The molecule has 3 saturated carbocycles. The van der Waals surface area contributed by atoms with Crippen LogP contribution in [0.15, 0.2) is 11.8 Å². The molecule has 0 radical (unpaired) electrons. The minimum Gasteiger partial charge on any atom is -0.499 e. The molecule has 7 atom stereocenters. The van der Waals surface area contributed by atoms with Crippen LogP contribution in [0.25, 0.3) is 0 Å². The maximum atomic E-state index is 11.6. The van der Waals surface area contributed by atoms with E-state index < -0.39 is 0 Å². The second-order valence-corrected chi connectivity index (χ2v) is 9.50. The van der Waals surface area contributed by atoms with Crippen LogP contribution in [0.5, 0.6) is 0 Å². The van der Waals surface area contributed by atoms with E-state index in [4.69, 9.17) is 4.74 Å². The van der Waals surface area contributed by atoms with Crippen LogP contribution in [0, 0.1) is 40.4 Å². The Bertz CT molecular complexity index is 538. The molecule has 2 heteroatoms. The number of carbonyl (C=O) groups is 1. The third-order valence-electron chi connectivity index (χ3n) is 8.81. The molecule has 0 aromatic rings. The Balaban J connectivity index is 1.60. The molecule has 0 aromatic carbocycles. The molecule has 0 saturated heterocycles. The van der Waals surface area contributed by atoms with E-state index in [-0.39, 0.29) is 0 Å². The highest BCUT2D eigenvalue weighted by molar-refractivity contribution is 5.56. The quantitative estimate of drug-likeness (QED) is 0.650. The summed E-state index contributed by atoms with van der Waals surface area (Å²) in [6.45, 7) is 7.90. The number of aldehydes is 1. The van der Waals surface area contributed by atoms with Crippen molar-refractivity contribution in [2.24, 2.45) is 40.4 Å². The summed E-state index contributed by atoms with van der Waals surface area (Å²) in [6.07, 6.45) is 13.9. The Morgan fingerprint density at radius 2 is 1.88 bits per heavy atom. The summed E-state index contributed by atoms with van der Waals surface area (Å²) in [6, 6.07) is 0. The van der Waals surface area contributed by atoms with Gasteiger partial charge in [0.2, 0.25) is 0 Å². The van der Waals surface area contributed by atoms with E-state index in [0.29, 0.717) is 22.7 Å². The number of hydrogen-bond donors (Lipinski definition) is 0. The van der Waals surface area contributed by atoms with Crippen molar-refractivity contribution in [3.63, 3.8) is 0 Å². The highest BCUT2D eigenvalue weighted by atomic mass is 16.5. The summed E-state index contributed by atoms with van der Waals surface area (Å²) in [5.41, 5.74) is 0.761. The lowest BCUT2D eigenvalue weighted by Crippen LogP contribution is -2.52. The Labute approximate surface area is 147 Å². The van der Waals surface area contributed by atoms with Crippen molar-refractivity contribution in [2.45, 2.75) is 72.1 Å². The number of allylic oxidation sites excluding steroid dienone is 2. The van der Waals surface area contributed by atoms with Gasteiger partial charge in [-0.05, 0) is 92.4 Å². The zero-order chi connectivity index (χ0) is 16.9. The average Bonchev–Trinajstić information content (AvgIpc) is 2.92. The molecule has 0 aliphatic heterocycles. The summed E-state index contributed by atoms with van der Waals surface area (Å²) in [7, 11) is 0. The maximum Gasteiger partial charge on any atom is 0.123 e. The molecule has 2 unspecified atom stereocenters. The van der Waals surface area contributed by atoms with E-state index in [1.54, 1.807) is 0 Å². The van der Waals surface area contributed by atoms with E-state index in [1.807, 2.05) is 0 Å². The van der Waals surface area contributed by atoms with Crippen LogP contribution in [0.1, 0.15) is 72.1 Å². The van der Waals surface area contributed by atoms with Crippen LogP contribution in [0.4, 0.5) is 0 Å². The first-order valence-electron chi connectivity index (χ1n) is 10.3. The van der Waals surface area contributed by atoms with Gasteiger partial charge in [0.15, 0.2) is 0 Å². The second kappa shape index (κ2) is 5.88. The van der Waals surface area contributed by atoms with Crippen molar-refractivity contribution in [1.82, 2.24) is 0 Å². The molecular formula is C22H34O2. The fourth-order valence-electron chi connectivity index (χ4n) is 7.40. The van der Waals surface area contributed by atoms with Gasteiger partial charge in [0.05, 0.1) is 12.4 Å². The van der Waals surface area contributed by atoms with Gasteiger partial charge in [-0.1, -0.05) is 13.8 Å². The summed E-state index contributed by atoms with van der Waals surface area (Å²) in [5.74, 6) is 4.80. The van der Waals surface area contributed by atoms with Crippen LogP contribution in [-0.4, -0.2) is 12.9 Å². The number of rotatable bonds is 3. The largest absolute Gasteiger partial charge is 0.499 e. The first kappa shape index (κ1) is 16.7. The lowest BCUT2D eigenvalue weighted by atomic mass is 9.45. The predicted molar refractivity (Wildman–Crippen MR) is 96.4 cm³/mol. The van der Waals surface area contributed by atoms with Gasteiger partial charge in [-0.3, -0.25) is 0 Å². The van der Waals surface area contributed by atoms with Gasteiger partial charge < -0.3 is 9.53 Å². The predicted octanol–water partition coefficient (Wildman–Crippen LogP) is 5.37. The Morgan fingerprint density at radius 1 is 1.08 bits per heavy atom. The molecule has 24 heavy (non-hydrogen) atoms. The van der Waals surface area contributed by atoms with Gasteiger partial charge in [-0.15, -0.1) is 0 Å². The molecule has 0 N–H and O–H groups in total. The number of ether oxygens (including phenoxy) is 1. The third kappa shape index (κ3) is 2.24. The van der Waals surface area contributed by atoms with Crippen LogP contribution in [0.2, 0.25) is 0 Å². The first-order chi connectivity index (χ1) is 11.5. The average molecular weight is 331 g/mol. The van der Waals surface area contributed by atoms with Crippen molar-refractivity contribution < 1.29 is 9.53 Å². The standard InChI is InChI=1S/C22H34O2/c1-4-24-17-9-11-21(2)15(13-17)5-7-18-19-8-6-16(14-23)22(19,3)12-10-20(18)21/h13-16,18-20H,4-12H2,1-3H3/t15?,16?,18-,19-,20-,21-,22+/m0/s1. The van der Waals surface area contributed by atoms with E-state index in [2.05, 4.69) is 26.8 Å². The minimum absolute atomic E-state index is 0.299.